The SMILES string of the molecule is CC[C@H]1OC(=O)[C@H](C)C(=O)[C@H](C)[C@@H](O[C@@H]2O[C@H](C)C[C@H](N(C)C)[C@H]2O)[C@](C)(OC(=O)OCC=Cc2ccc(-n3cncn3)c(F)c2)C[C@@H](C)C(=O)[C@H](C)[C@H]2NC(=O)O[C@@]21C. The van der Waals surface area contributed by atoms with Crippen LogP contribution in [0.2, 0.25) is 0 Å². The standard InChI is InChI=1S/C42H58FN5O12/c1-11-31-42(8)35(46-39(53)59-42)24(4)32(49)22(2)19-41(7,60-40(54)55-16-12-13-27-14-15-29(28(43)18-27)48-21-44-20-45-48)36(25(5)33(50)26(6)37(52)57-31)58-38-34(51)30(47(9)10)17-23(3)56-38/h12-15,18,20-26,30-31,34-36,38,51H,11,16-17,19H2,1-10H3,(H,46,53)/t22-,23-,24+,25+,26-,30+,31-,34-,35-,36-,38+,41-,42-/m1/s1. The van der Waals surface area contributed by atoms with E-state index in [0.717, 1.165) is 0 Å². The average molecular weight is 844 g/mol. The minimum Gasteiger partial charge on any atom is -0.458 e. The number of likely N-dealkylation sites (N-methyl/N-ethyl adjacent to an activating group) is 1. The minimum absolute atomic E-state index is 0.192. The molecule has 4 heterocycles. The molecule has 0 spiro atoms. The smallest absolute Gasteiger partial charge is 0.458 e. The second kappa shape index (κ2) is 18.9. The van der Waals surface area contributed by atoms with Gasteiger partial charge < -0.3 is 43.7 Å². The van der Waals surface area contributed by atoms with Crippen molar-refractivity contribution in [2.45, 2.75) is 129 Å². The maximum atomic E-state index is 14.8. The van der Waals surface area contributed by atoms with E-state index in [1.165, 1.54) is 62.4 Å². The minimum atomic E-state index is -1.86. The van der Waals surface area contributed by atoms with E-state index in [9.17, 15) is 33.5 Å². The van der Waals surface area contributed by atoms with Gasteiger partial charge in [-0.05, 0) is 84.8 Å². The highest BCUT2D eigenvalue weighted by Gasteiger charge is 2.57. The summed E-state index contributed by atoms with van der Waals surface area (Å²) in [5, 5.41) is 18.2. The van der Waals surface area contributed by atoms with E-state index in [4.69, 9.17) is 28.4 Å². The second-order valence-corrected chi connectivity index (χ2v) is 16.8. The number of aliphatic hydroxyl groups is 1. The van der Waals surface area contributed by atoms with Crippen molar-refractivity contribution in [3.05, 3.63) is 48.3 Å². The highest BCUT2D eigenvalue weighted by atomic mass is 19.1. The topological polar surface area (TPSA) is 207 Å². The molecule has 18 heteroatoms. The Morgan fingerprint density at radius 1 is 1.10 bits per heavy atom. The van der Waals surface area contributed by atoms with Crippen LogP contribution in [0.5, 0.6) is 0 Å². The molecule has 1 aromatic carbocycles. The molecule has 330 valence electrons. The molecule has 1 amide bonds. The summed E-state index contributed by atoms with van der Waals surface area (Å²) in [6.07, 6.45) is -1.31. The van der Waals surface area contributed by atoms with Gasteiger partial charge in [0.15, 0.2) is 17.7 Å². The van der Waals surface area contributed by atoms with Crippen molar-refractivity contribution in [1.29, 1.82) is 0 Å². The number of Topliss-reactive ketones (excluding diaryl/α,β-unsaturated/α-hetero) is 2. The van der Waals surface area contributed by atoms with E-state index in [-0.39, 0.29) is 30.9 Å². The molecule has 0 bridgehead atoms. The first-order valence-electron chi connectivity index (χ1n) is 20.3. The molecule has 2 aromatic rings. The van der Waals surface area contributed by atoms with Crippen molar-refractivity contribution in [2.24, 2.45) is 23.7 Å². The van der Waals surface area contributed by atoms with Crippen molar-refractivity contribution in [2.75, 3.05) is 20.7 Å². The number of nitrogens with zero attached hydrogens (tertiary/aromatic N) is 4. The lowest BCUT2D eigenvalue weighted by Crippen LogP contribution is -2.60. The van der Waals surface area contributed by atoms with Gasteiger partial charge in [-0.1, -0.05) is 39.8 Å². The molecule has 5 rings (SSSR count). The number of nitrogens with one attached hydrogen (secondary N) is 1. The van der Waals surface area contributed by atoms with Crippen LogP contribution in [-0.4, -0.2) is 129 Å². The predicted molar refractivity (Wildman–Crippen MR) is 212 cm³/mol. The fourth-order valence-electron chi connectivity index (χ4n) is 8.75. The number of carbonyl (C=O) groups is 5. The van der Waals surface area contributed by atoms with Crippen molar-refractivity contribution in [3.8, 4) is 5.69 Å². The van der Waals surface area contributed by atoms with Gasteiger partial charge in [-0.3, -0.25) is 14.4 Å². The lowest BCUT2D eigenvalue weighted by molar-refractivity contribution is -0.293. The average Bonchev–Trinajstić information content (AvgIpc) is 3.84. The molecule has 60 heavy (non-hydrogen) atoms. The molecule has 0 unspecified atom stereocenters. The van der Waals surface area contributed by atoms with Crippen molar-refractivity contribution < 1.29 is 61.9 Å². The fourth-order valence-corrected chi connectivity index (χ4v) is 8.75. The predicted octanol–water partition coefficient (Wildman–Crippen LogP) is 4.42. The van der Waals surface area contributed by atoms with Crippen molar-refractivity contribution >= 4 is 35.9 Å². The number of cyclic esters (lactones) is 1. The van der Waals surface area contributed by atoms with Gasteiger partial charge in [0.1, 0.15) is 66.4 Å². The van der Waals surface area contributed by atoms with E-state index < -0.39 is 107 Å². The van der Waals surface area contributed by atoms with Crippen molar-refractivity contribution in [3.63, 3.8) is 0 Å². The Morgan fingerprint density at radius 3 is 2.45 bits per heavy atom. The fraction of sp³-hybridized carbons (Fsp3) is 0.643. The lowest BCUT2D eigenvalue weighted by atomic mass is 9.73. The van der Waals surface area contributed by atoms with Crippen LogP contribution in [0, 0.1) is 29.5 Å². The summed E-state index contributed by atoms with van der Waals surface area (Å²) in [6.45, 7) is 12.4. The highest BCUT2D eigenvalue weighted by molar-refractivity contribution is 6.00. The number of esters is 1. The quantitative estimate of drug-likeness (QED) is 0.204. The molecule has 3 aliphatic heterocycles. The van der Waals surface area contributed by atoms with Gasteiger partial charge in [-0.25, -0.2) is 23.6 Å². The van der Waals surface area contributed by atoms with Gasteiger partial charge in [0.05, 0.1) is 12.1 Å². The van der Waals surface area contributed by atoms with Crippen LogP contribution in [0.25, 0.3) is 11.8 Å². The van der Waals surface area contributed by atoms with Crippen LogP contribution in [0.4, 0.5) is 14.0 Å². The van der Waals surface area contributed by atoms with Gasteiger partial charge in [-0.2, -0.15) is 5.10 Å². The largest absolute Gasteiger partial charge is 0.509 e. The van der Waals surface area contributed by atoms with Crippen LogP contribution in [0.1, 0.15) is 80.2 Å². The third-order valence-electron chi connectivity index (χ3n) is 12.0. The van der Waals surface area contributed by atoms with E-state index in [2.05, 4.69) is 15.4 Å². The molecule has 3 fully saturated rings. The molecule has 17 nitrogen and oxygen atoms in total. The number of rotatable bonds is 9. The van der Waals surface area contributed by atoms with E-state index in [0.29, 0.717) is 12.0 Å². The molecule has 0 aliphatic carbocycles. The normalized spacial score (nSPS) is 35.6. The first kappa shape index (κ1) is 46.3. The Labute approximate surface area is 349 Å². The molecule has 2 N–H and O–H groups in total. The zero-order valence-electron chi connectivity index (χ0n) is 35.8. The molecule has 3 aliphatic rings. The Morgan fingerprint density at radius 2 is 1.82 bits per heavy atom. The van der Waals surface area contributed by atoms with Crippen LogP contribution >= 0.6 is 0 Å². The summed E-state index contributed by atoms with van der Waals surface area (Å²) in [7, 11) is 3.60. The summed E-state index contributed by atoms with van der Waals surface area (Å²) in [5.41, 5.74) is -2.68. The molecule has 0 saturated carbocycles. The summed E-state index contributed by atoms with van der Waals surface area (Å²) < 4.78 is 51.9. The maximum Gasteiger partial charge on any atom is 0.509 e. The Balaban J connectivity index is 1.49. The van der Waals surface area contributed by atoms with Crippen LogP contribution < -0.4 is 5.32 Å². The first-order chi connectivity index (χ1) is 28.2. The monoisotopic (exact) mass is 843 g/mol. The molecule has 1 aromatic heterocycles. The van der Waals surface area contributed by atoms with Gasteiger partial charge in [0.2, 0.25) is 0 Å². The number of aliphatic hydroxyl groups excluding tert-OH is 1. The third kappa shape index (κ3) is 9.88. The first-order valence-corrected chi connectivity index (χ1v) is 20.3. The Bertz CT molecular complexity index is 1910. The van der Waals surface area contributed by atoms with E-state index in [1.807, 2.05) is 11.8 Å². The molecule has 13 atom stereocenters. The zero-order valence-corrected chi connectivity index (χ0v) is 35.8. The van der Waals surface area contributed by atoms with Crippen LogP contribution in [0.3, 0.4) is 0 Å². The van der Waals surface area contributed by atoms with Crippen molar-refractivity contribution in [1.82, 2.24) is 25.0 Å². The summed E-state index contributed by atoms with van der Waals surface area (Å²) >= 11 is 0. The summed E-state index contributed by atoms with van der Waals surface area (Å²) in [6, 6.07) is 3.07. The number of amides is 1. The number of hydrogen-bond donors (Lipinski definition) is 2. The number of ether oxygens (including phenoxy) is 6. The number of benzene rings is 1. The van der Waals surface area contributed by atoms with E-state index in [1.54, 1.807) is 47.9 Å². The third-order valence-corrected chi connectivity index (χ3v) is 12.0. The number of aromatic nitrogens is 3. The van der Waals surface area contributed by atoms with Crippen LogP contribution in [-0.2, 0) is 42.8 Å². The highest BCUT2D eigenvalue weighted by Crippen LogP contribution is 2.40. The molecule has 3 saturated heterocycles. The molecule has 0 radical (unpaired) electrons. The summed E-state index contributed by atoms with van der Waals surface area (Å²) in [5.74, 6) is -6.88. The number of ketones is 2. The lowest BCUT2D eigenvalue weighted by Gasteiger charge is -2.46. The van der Waals surface area contributed by atoms with Crippen LogP contribution in [0.15, 0.2) is 36.9 Å². The number of alkyl carbamates (subject to hydrolysis) is 1. The van der Waals surface area contributed by atoms with Gasteiger partial charge >= 0.3 is 18.2 Å². The van der Waals surface area contributed by atoms with Gasteiger partial charge in [0.25, 0.3) is 0 Å². The molecular formula is C42H58FN5O12. The van der Waals surface area contributed by atoms with E-state index >= 15 is 0 Å². The zero-order chi connectivity index (χ0) is 44.3. The Kier molecular flexibility index (Phi) is 14.6. The molecular weight excluding hydrogens is 785 g/mol. The maximum absolute atomic E-state index is 14.8. The van der Waals surface area contributed by atoms with Gasteiger partial charge in [-0.15, -0.1) is 0 Å². The number of fused-ring (bicyclic) bond motifs is 1. The number of carbonyl (C=O) groups excluding carboxylic acids is 5. The van der Waals surface area contributed by atoms with Gasteiger partial charge in [0, 0.05) is 23.8 Å². The summed E-state index contributed by atoms with van der Waals surface area (Å²) in [4.78, 5) is 74.7. The Hall–Kier alpha value is -4.78. The second-order valence-electron chi connectivity index (χ2n) is 16.8. The number of hydrogen-bond acceptors (Lipinski definition) is 15. The number of halogens is 1.